The highest BCUT2D eigenvalue weighted by atomic mass is 127. The van der Waals surface area contributed by atoms with Crippen LogP contribution >= 0.6 is 35.7 Å². The molecule has 3 rings (SSSR count). The highest BCUT2D eigenvalue weighted by Crippen LogP contribution is 2.43. The molecule has 1 saturated carbocycles. The lowest BCUT2D eigenvalue weighted by molar-refractivity contribution is 0.455. The molecule has 3 nitrogen and oxygen atoms in total. The molecule has 2 N–H and O–H groups in total. The fraction of sp³-hybridized carbons (Fsp3) is 0.500. The lowest BCUT2D eigenvalue weighted by atomic mass is 10.1. The van der Waals surface area contributed by atoms with Crippen molar-refractivity contribution < 1.29 is 4.39 Å². The lowest BCUT2D eigenvalue weighted by Crippen LogP contribution is -2.42. The molecular formula is C14H19FIN3S. The summed E-state index contributed by atoms with van der Waals surface area (Å²) in [6.07, 6.45) is 1.02. The molecule has 2 fully saturated rings. The van der Waals surface area contributed by atoms with Gasteiger partial charge in [-0.15, -0.1) is 24.0 Å². The molecule has 0 unspecified atom stereocenters. The van der Waals surface area contributed by atoms with Gasteiger partial charge in [0.1, 0.15) is 5.82 Å². The SMILES string of the molecule is I.NC(=N[C@@H]1C[C@H]1c1ccc(F)cc1)N1CCSCC1. The molecule has 2 atom stereocenters. The summed E-state index contributed by atoms with van der Waals surface area (Å²) in [6.45, 7) is 1.99. The predicted molar refractivity (Wildman–Crippen MR) is 93.5 cm³/mol. The van der Waals surface area contributed by atoms with Crippen LogP contribution in [0.4, 0.5) is 4.39 Å². The van der Waals surface area contributed by atoms with Crippen LogP contribution in [0.2, 0.25) is 0 Å². The number of guanidine groups is 1. The average Bonchev–Trinajstić information content (AvgIpc) is 3.20. The van der Waals surface area contributed by atoms with Crippen LogP contribution in [0.1, 0.15) is 17.9 Å². The Morgan fingerprint density at radius 2 is 1.90 bits per heavy atom. The zero-order chi connectivity index (χ0) is 13.2. The van der Waals surface area contributed by atoms with Crippen molar-refractivity contribution in [3.63, 3.8) is 0 Å². The maximum atomic E-state index is 12.9. The van der Waals surface area contributed by atoms with Gasteiger partial charge in [-0.1, -0.05) is 12.1 Å². The van der Waals surface area contributed by atoms with Crippen molar-refractivity contribution in [1.29, 1.82) is 0 Å². The van der Waals surface area contributed by atoms with E-state index in [0.29, 0.717) is 11.9 Å². The maximum absolute atomic E-state index is 12.9. The van der Waals surface area contributed by atoms with Crippen molar-refractivity contribution in [2.75, 3.05) is 24.6 Å². The molecule has 1 heterocycles. The molecule has 1 aliphatic carbocycles. The first-order valence-corrected chi connectivity index (χ1v) is 7.81. The van der Waals surface area contributed by atoms with E-state index < -0.39 is 0 Å². The monoisotopic (exact) mass is 407 g/mol. The minimum atomic E-state index is -0.185. The molecule has 0 spiro atoms. The predicted octanol–water partition coefficient (Wildman–Crippen LogP) is 2.66. The number of thioether (sulfide) groups is 1. The molecule has 1 aliphatic heterocycles. The van der Waals surface area contributed by atoms with Crippen molar-refractivity contribution in [2.45, 2.75) is 18.4 Å². The zero-order valence-corrected chi connectivity index (χ0v) is 14.3. The fourth-order valence-electron chi connectivity index (χ4n) is 2.44. The third kappa shape index (κ3) is 3.78. The summed E-state index contributed by atoms with van der Waals surface area (Å²) in [6, 6.07) is 7.01. The van der Waals surface area contributed by atoms with Gasteiger partial charge in [-0.2, -0.15) is 11.8 Å². The molecule has 1 saturated heterocycles. The molecule has 20 heavy (non-hydrogen) atoms. The van der Waals surface area contributed by atoms with Crippen molar-refractivity contribution in [3.8, 4) is 0 Å². The molecule has 0 bridgehead atoms. The minimum Gasteiger partial charge on any atom is -0.370 e. The lowest BCUT2D eigenvalue weighted by Gasteiger charge is -2.27. The second kappa shape index (κ2) is 6.98. The summed E-state index contributed by atoms with van der Waals surface area (Å²) in [4.78, 5) is 6.77. The van der Waals surface area contributed by atoms with E-state index in [1.807, 2.05) is 23.9 Å². The van der Waals surface area contributed by atoms with Gasteiger partial charge in [-0.3, -0.25) is 0 Å². The van der Waals surface area contributed by atoms with Gasteiger partial charge in [0, 0.05) is 30.5 Å². The Kier molecular flexibility index (Phi) is 5.54. The Bertz CT molecular complexity index is 474. The third-order valence-electron chi connectivity index (χ3n) is 3.69. The van der Waals surface area contributed by atoms with Gasteiger partial charge < -0.3 is 10.6 Å². The van der Waals surface area contributed by atoms with Crippen molar-refractivity contribution in [1.82, 2.24) is 4.90 Å². The van der Waals surface area contributed by atoms with Crippen molar-refractivity contribution in [3.05, 3.63) is 35.6 Å². The first-order chi connectivity index (χ1) is 9.24. The molecule has 110 valence electrons. The van der Waals surface area contributed by atoms with Crippen molar-refractivity contribution >= 4 is 41.7 Å². The molecule has 2 aliphatic rings. The summed E-state index contributed by atoms with van der Waals surface area (Å²) >= 11 is 1.96. The largest absolute Gasteiger partial charge is 0.370 e. The summed E-state index contributed by atoms with van der Waals surface area (Å²) < 4.78 is 12.9. The van der Waals surface area contributed by atoms with Gasteiger partial charge in [0.25, 0.3) is 0 Å². The Labute approximate surface area is 140 Å². The van der Waals surface area contributed by atoms with Crippen LogP contribution in [0, 0.1) is 5.82 Å². The van der Waals surface area contributed by atoms with Gasteiger partial charge in [-0.05, 0) is 24.1 Å². The number of rotatable bonds is 2. The van der Waals surface area contributed by atoms with E-state index in [1.54, 1.807) is 0 Å². The van der Waals surface area contributed by atoms with Gasteiger partial charge in [0.2, 0.25) is 0 Å². The molecule has 0 amide bonds. The molecule has 0 radical (unpaired) electrons. The fourth-order valence-corrected chi connectivity index (χ4v) is 3.34. The van der Waals surface area contributed by atoms with E-state index in [9.17, 15) is 4.39 Å². The maximum Gasteiger partial charge on any atom is 0.191 e. The number of halogens is 2. The second-order valence-electron chi connectivity index (χ2n) is 5.05. The number of hydrogen-bond acceptors (Lipinski definition) is 2. The van der Waals surface area contributed by atoms with Gasteiger partial charge in [0.15, 0.2) is 5.96 Å². The van der Waals surface area contributed by atoms with E-state index in [-0.39, 0.29) is 35.8 Å². The van der Waals surface area contributed by atoms with Crippen LogP contribution in [-0.4, -0.2) is 41.5 Å². The highest BCUT2D eigenvalue weighted by molar-refractivity contribution is 14.0. The van der Waals surface area contributed by atoms with E-state index in [2.05, 4.69) is 9.89 Å². The second-order valence-corrected chi connectivity index (χ2v) is 6.27. The van der Waals surface area contributed by atoms with Crippen LogP contribution in [0.3, 0.4) is 0 Å². The molecule has 0 aromatic heterocycles. The molecule has 1 aromatic rings. The Balaban J connectivity index is 0.00000147. The number of nitrogens with zero attached hydrogens (tertiary/aromatic N) is 2. The Morgan fingerprint density at radius 1 is 1.25 bits per heavy atom. The van der Waals surface area contributed by atoms with Crippen LogP contribution in [0.5, 0.6) is 0 Å². The van der Waals surface area contributed by atoms with E-state index >= 15 is 0 Å². The summed E-state index contributed by atoms with van der Waals surface area (Å²) in [7, 11) is 0. The van der Waals surface area contributed by atoms with Crippen LogP contribution in [0.15, 0.2) is 29.3 Å². The number of nitrogens with two attached hydrogens (primary N) is 1. The smallest absolute Gasteiger partial charge is 0.191 e. The third-order valence-corrected chi connectivity index (χ3v) is 4.63. The number of aliphatic imine (C=N–C) groups is 1. The van der Waals surface area contributed by atoms with Crippen molar-refractivity contribution in [2.24, 2.45) is 10.7 Å². The average molecular weight is 407 g/mol. The first-order valence-electron chi connectivity index (χ1n) is 6.65. The molecule has 6 heteroatoms. The molecule has 1 aromatic carbocycles. The topological polar surface area (TPSA) is 41.6 Å². The first kappa shape index (κ1) is 15.9. The zero-order valence-electron chi connectivity index (χ0n) is 11.2. The van der Waals surface area contributed by atoms with E-state index in [0.717, 1.165) is 36.6 Å². The van der Waals surface area contributed by atoms with Crippen LogP contribution in [-0.2, 0) is 0 Å². The highest BCUT2D eigenvalue weighted by Gasteiger charge is 2.38. The Hall–Kier alpha value is -0.500. The number of benzene rings is 1. The quantitative estimate of drug-likeness (QED) is 0.466. The standard InChI is InChI=1S/C14H18FN3S.HI/c15-11-3-1-10(2-4-11)12-9-13(12)17-14(16)18-5-7-19-8-6-18;/h1-4,12-13H,5-9H2,(H2,16,17);1H/t12-,13+;/m0./s1. The van der Waals surface area contributed by atoms with Crippen LogP contribution < -0.4 is 5.73 Å². The number of hydrogen-bond donors (Lipinski definition) is 1. The van der Waals surface area contributed by atoms with Gasteiger partial charge in [0.05, 0.1) is 6.04 Å². The van der Waals surface area contributed by atoms with E-state index in [1.165, 1.54) is 12.1 Å². The summed E-state index contributed by atoms with van der Waals surface area (Å²) in [5.41, 5.74) is 7.22. The molecular weight excluding hydrogens is 388 g/mol. The summed E-state index contributed by atoms with van der Waals surface area (Å²) in [5.74, 6) is 3.16. The van der Waals surface area contributed by atoms with Gasteiger partial charge in [-0.25, -0.2) is 9.38 Å². The van der Waals surface area contributed by atoms with Gasteiger partial charge >= 0.3 is 0 Å². The summed E-state index contributed by atoms with van der Waals surface area (Å²) in [5, 5.41) is 0. The Morgan fingerprint density at radius 3 is 2.55 bits per heavy atom. The van der Waals surface area contributed by atoms with Crippen LogP contribution in [0.25, 0.3) is 0 Å². The normalized spacial score (nSPS) is 26.1. The minimum absolute atomic E-state index is 0. The van der Waals surface area contributed by atoms with E-state index in [4.69, 9.17) is 5.73 Å².